The molecule has 3 aromatic rings. The van der Waals surface area contributed by atoms with Gasteiger partial charge in [-0.25, -0.2) is 14.4 Å². The molecule has 0 aliphatic heterocycles. The van der Waals surface area contributed by atoms with Crippen LogP contribution in [0.3, 0.4) is 0 Å². The van der Waals surface area contributed by atoms with Gasteiger partial charge >= 0.3 is 6.36 Å². The van der Waals surface area contributed by atoms with Crippen LogP contribution in [0.25, 0.3) is 0 Å². The Morgan fingerprint density at radius 3 is 2.34 bits per heavy atom. The largest absolute Gasteiger partial charge is 0.573 e. The fraction of sp³-hybridized carbons (Fsp3) is 0.217. The number of guanidine groups is 1. The average molecular weight is 507 g/mol. The van der Waals surface area contributed by atoms with Crippen molar-refractivity contribution in [2.24, 2.45) is 4.99 Å². The van der Waals surface area contributed by atoms with Gasteiger partial charge in [0.25, 0.3) is 0 Å². The number of aliphatic imine (C=N–C) groups is 1. The van der Waals surface area contributed by atoms with Gasteiger partial charge in [0.15, 0.2) is 5.11 Å². The summed E-state index contributed by atoms with van der Waals surface area (Å²) in [5, 5.41) is 8.70. The first-order valence-corrected chi connectivity index (χ1v) is 10.8. The molecule has 0 bridgehead atoms. The van der Waals surface area contributed by atoms with E-state index in [1.807, 2.05) is 19.9 Å². The van der Waals surface area contributed by atoms with E-state index < -0.39 is 6.36 Å². The monoisotopic (exact) mass is 506 g/mol. The lowest BCUT2D eigenvalue weighted by molar-refractivity contribution is -0.274. The number of halogens is 4. The molecule has 0 aliphatic rings. The molecule has 0 saturated heterocycles. The molecule has 0 fully saturated rings. The number of aromatic nitrogens is 2. The lowest BCUT2D eigenvalue weighted by atomic mass is 10.1. The number of nitrogens with one attached hydrogen (secondary N) is 3. The third-order valence-electron chi connectivity index (χ3n) is 4.35. The fourth-order valence-corrected chi connectivity index (χ4v) is 3.20. The van der Waals surface area contributed by atoms with E-state index in [9.17, 15) is 17.6 Å². The number of nitrogens with zero attached hydrogens (tertiary/aromatic N) is 3. The predicted molar refractivity (Wildman–Crippen MR) is 130 cm³/mol. The Balaban J connectivity index is 1.71. The van der Waals surface area contributed by atoms with Gasteiger partial charge in [0.1, 0.15) is 11.6 Å². The third-order valence-corrected chi connectivity index (χ3v) is 4.56. The van der Waals surface area contributed by atoms with Gasteiger partial charge in [-0.2, -0.15) is 0 Å². The molecule has 0 radical (unpaired) electrons. The van der Waals surface area contributed by atoms with Gasteiger partial charge in [0.05, 0.1) is 0 Å². The maximum Gasteiger partial charge on any atom is 0.573 e. The molecule has 0 atom stereocenters. The number of benzene rings is 2. The number of anilines is 2. The number of hydrogen-bond donors (Lipinski definition) is 3. The van der Waals surface area contributed by atoms with Gasteiger partial charge in [0, 0.05) is 29.7 Å². The maximum atomic E-state index is 13.1. The van der Waals surface area contributed by atoms with Crippen molar-refractivity contribution in [3.63, 3.8) is 0 Å². The Morgan fingerprint density at radius 2 is 1.69 bits per heavy atom. The van der Waals surface area contributed by atoms with Crippen LogP contribution in [0.15, 0.2) is 59.6 Å². The summed E-state index contributed by atoms with van der Waals surface area (Å²) in [7, 11) is 0. The van der Waals surface area contributed by atoms with Gasteiger partial charge in [-0.3, -0.25) is 10.3 Å². The molecule has 184 valence electrons. The van der Waals surface area contributed by atoms with Crippen molar-refractivity contribution in [2.45, 2.75) is 26.6 Å². The predicted octanol–water partition coefficient (Wildman–Crippen LogP) is 5.13. The summed E-state index contributed by atoms with van der Waals surface area (Å²) in [5.41, 5.74) is 2.65. The van der Waals surface area contributed by atoms with Gasteiger partial charge in [0.2, 0.25) is 11.9 Å². The number of hydrogen-bond acceptors (Lipinski definition) is 5. The second-order valence-corrected chi connectivity index (χ2v) is 7.77. The van der Waals surface area contributed by atoms with Crippen LogP contribution < -0.4 is 20.7 Å². The smallest absolute Gasteiger partial charge is 0.406 e. The van der Waals surface area contributed by atoms with Crippen LogP contribution >= 0.6 is 12.2 Å². The Labute approximate surface area is 204 Å². The van der Waals surface area contributed by atoms with E-state index in [-0.39, 0.29) is 28.3 Å². The fourth-order valence-electron chi connectivity index (χ4n) is 2.99. The van der Waals surface area contributed by atoms with Crippen molar-refractivity contribution < 1.29 is 22.3 Å². The van der Waals surface area contributed by atoms with E-state index in [0.29, 0.717) is 18.9 Å². The van der Waals surface area contributed by atoms with Gasteiger partial charge < -0.3 is 15.4 Å². The summed E-state index contributed by atoms with van der Waals surface area (Å²) in [5.74, 6) is -0.203. The zero-order valence-corrected chi connectivity index (χ0v) is 19.6. The molecule has 7 nitrogen and oxygen atoms in total. The molecule has 0 unspecified atom stereocenters. The summed E-state index contributed by atoms with van der Waals surface area (Å²) < 4.78 is 54.5. The first-order valence-electron chi connectivity index (χ1n) is 10.4. The topological polar surface area (TPSA) is 83.5 Å². The summed E-state index contributed by atoms with van der Waals surface area (Å²) in [6.07, 6.45) is -4.28. The van der Waals surface area contributed by atoms with Crippen LogP contribution in [0.5, 0.6) is 5.75 Å². The Kier molecular flexibility index (Phi) is 8.53. The molecule has 3 N–H and O–H groups in total. The molecule has 3 rings (SSSR count). The van der Waals surface area contributed by atoms with E-state index in [4.69, 9.17) is 12.2 Å². The Morgan fingerprint density at radius 1 is 1.00 bits per heavy atom. The summed E-state index contributed by atoms with van der Waals surface area (Å²) >= 11 is 5.30. The van der Waals surface area contributed by atoms with Crippen molar-refractivity contribution in [2.75, 3.05) is 17.2 Å². The highest BCUT2D eigenvalue weighted by Crippen LogP contribution is 2.25. The van der Waals surface area contributed by atoms with E-state index in [0.717, 1.165) is 23.0 Å². The molecular weight excluding hydrogens is 484 g/mol. The maximum absolute atomic E-state index is 13.1. The van der Waals surface area contributed by atoms with E-state index in [2.05, 4.69) is 35.6 Å². The molecule has 12 heteroatoms. The standard InChI is InChI=1S/C23H22F4N6OS/c1-14-12-15(2)30-21(29-14)32-20(28-11-10-16-6-8-17(24)9-7-16)33-22(35)31-18-4-3-5-19(13-18)34-23(25,26)27/h3-9,12-13H,10-11H2,1-2H3,(H3,28,29,30,31,32,33,35). The molecule has 1 aromatic heterocycles. The summed E-state index contributed by atoms with van der Waals surface area (Å²) in [6, 6.07) is 13.1. The Bertz CT molecular complexity index is 1180. The van der Waals surface area contributed by atoms with Crippen LogP contribution in [0.1, 0.15) is 17.0 Å². The highest BCUT2D eigenvalue weighted by Gasteiger charge is 2.31. The lowest BCUT2D eigenvalue weighted by Crippen LogP contribution is -2.39. The number of alkyl halides is 3. The van der Waals surface area contributed by atoms with Crippen molar-refractivity contribution in [1.29, 1.82) is 0 Å². The average Bonchev–Trinajstić information content (AvgIpc) is 2.73. The second-order valence-electron chi connectivity index (χ2n) is 7.36. The number of ether oxygens (including phenoxy) is 1. The molecule has 35 heavy (non-hydrogen) atoms. The van der Waals surface area contributed by atoms with Crippen molar-refractivity contribution >= 4 is 34.9 Å². The van der Waals surface area contributed by atoms with E-state index in [1.165, 1.54) is 30.3 Å². The second kappa shape index (κ2) is 11.6. The van der Waals surface area contributed by atoms with Crippen molar-refractivity contribution in [3.05, 3.63) is 77.4 Å². The molecule has 1 heterocycles. The zero-order chi connectivity index (χ0) is 25.4. The number of thiocarbonyl (C=S) groups is 1. The number of aryl methyl sites for hydroxylation is 2. The minimum absolute atomic E-state index is 0.0616. The first kappa shape index (κ1) is 25.8. The van der Waals surface area contributed by atoms with Crippen molar-refractivity contribution in [1.82, 2.24) is 15.3 Å². The van der Waals surface area contributed by atoms with Gasteiger partial charge in [-0.1, -0.05) is 18.2 Å². The minimum Gasteiger partial charge on any atom is -0.406 e. The van der Waals surface area contributed by atoms with Crippen molar-refractivity contribution in [3.8, 4) is 5.75 Å². The van der Waals surface area contributed by atoms with E-state index in [1.54, 1.807) is 12.1 Å². The van der Waals surface area contributed by atoms with E-state index >= 15 is 0 Å². The van der Waals surface area contributed by atoms with Gasteiger partial charge in [-0.15, -0.1) is 13.2 Å². The van der Waals surface area contributed by atoms with Crippen LogP contribution in [0.4, 0.5) is 29.2 Å². The first-order chi connectivity index (χ1) is 16.6. The van der Waals surface area contributed by atoms with Crippen LogP contribution in [0.2, 0.25) is 0 Å². The molecule has 0 saturated carbocycles. The SMILES string of the molecule is Cc1cc(C)nc(NC(=NCCc2ccc(F)cc2)NC(=S)Nc2cccc(OC(F)(F)F)c2)n1. The molecule has 0 aliphatic carbocycles. The summed E-state index contributed by atoms with van der Waals surface area (Å²) in [6.45, 7) is 3.96. The number of rotatable bonds is 6. The highest BCUT2D eigenvalue weighted by molar-refractivity contribution is 7.80. The quantitative estimate of drug-likeness (QED) is 0.185. The third kappa shape index (κ3) is 9.16. The molecule has 2 aromatic carbocycles. The zero-order valence-electron chi connectivity index (χ0n) is 18.8. The molecule has 0 amide bonds. The Hall–Kier alpha value is -3.80. The molecule has 0 spiro atoms. The molecular formula is C23H22F4N6OS. The van der Waals surface area contributed by atoms with Crippen LogP contribution in [0, 0.1) is 19.7 Å². The highest BCUT2D eigenvalue weighted by atomic mass is 32.1. The minimum atomic E-state index is -4.81. The summed E-state index contributed by atoms with van der Waals surface area (Å²) in [4.78, 5) is 13.1. The van der Waals surface area contributed by atoms with Crippen LogP contribution in [-0.2, 0) is 6.42 Å². The van der Waals surface area contributed by atoms with Crippen LogP contribution in [-0.4, -0.2) is 33.9 Å². The van der Waals surface area contributed by atoms with Gasteiger partial charge in [-0.05, 0) is 68.4 Å². The lowest BCUT2D eigenvalue weighted by Gasteiger charge is -2.15. The normalized spacial score (nSPS) is 11.7.